The lowest BCUT2D eigenvalue weighted by Gasteiger charge is -2.10. The van der Waals surface area contributed by atoms with Crippen LogP contribution < -0.4 is 4.62 Å². The lowest BCUT2D eigenvalue weighted by atomic mass is 10.7. The minimum atomic E-state index is -2.94. The summed E-state index contributed by atoms with van der Waals surface area (Å²) in [4.78, 5) is 0. The van der Waals surface area contributed by atoms with Crippen molar-refractivity contribution in [3.8, 4) is 0 Å². The molecule has 1 atom stereocenters. The molecule has 5 heteroatoms. The van der Waals surface area contributed by atoms with Crippen molar-refractivity contribution in [3.05, 3.63) is 29.6 Å². The molecular weight excluding hydrogens is 207 g/mol. The Kier molecular flexibility index (Phi) is 3.72. The van der Waals surface area contributed by atoms with Gasteiger partial charge in [0.1, 0.15) is 0 Å². The van der Waals surface area contributed by atoms with Gasteiger partial charge in [-0.1, -0.05) is 6.07 Å². The summed E-state index contributed by atoms with van der Waals surface area (Å²) >= 11 is 1.36. The van der Waals surface area contributed by atoms with Crippen LogP contribution in [0.15, 0.2) is 29.6 Å². The average Bonchev–Trinajstić information content (AvgIpc) is 2.57. The average molecular weight is 218 g/mol. The van der Waals surface area contributed by atoms with Gasteiger partial charge in [-0.05, 0) is 18.4 Å². The Hall–Kier alpha value is -0.570. The second-order valence-corrected chi connectivity index (χ2v) is 5.75. The van der Waals surface area contributed by atoms with Gasteiger partial charge in [0.2, 0.25) is 0 Å². The van der Waals surface area contributed by atoms with Crippen molar-refractivity contribution < 1.29 is 14.2 Å². The molecule has 1 heterocycles. The van der Waals surface area contributed by atoms with Gasteiger partial charge >= 0.3 is 0 Å². The third kappa shape index (κ3) is 2.44. The van der Waals surface area contributed by atoms with Gasteiger partial charge in [0, 0.05) is 5.82 Å². The fraction of sp³-hybridized carbons (Fsp3) is 0.250. The molecule has 0 spiro atoms. The highest BCUT2D eigenvalue weighted by Crippen LogP contribution is 2.48. The molecule has 13 heavy (non-hydrogen) atoms. The molecule has 0 bridgehead atoms. The first-order valence-corrected chi connectivity index (χ1v) is 6.40. The van der Waals surface area contributed by atoms with E-state index in [1.807, 2.05) is 5.38 Å². The summed E-state index contributed by atoms with van der Waals surface area (Å²) < 4.78 is 17.8. The summed E-state index contributed by atoms with van der Waals surface area (Å²) in [5.41, 5.74) is 0. The highest BCUT2D eigenvalue weighted by atomic mass is 32.1. The number of hydrogen-bond donors (Lipinski definition) is 1. The Morgan fingerprint density at radius 3 is 3.00 bits per heavy atom. The summed E-state index contributed by atoms with van der Waals surface area (Å²) in [5, 5.41) is 10.4. The Balaban J connectivity index is 2.98. The fourth-order valence-corrected chi connectivity index (χ4v) is 3.68. The fourth-order valence-electron chi connectivity index (χ4n) is 0.907. The zero-order chi connectivity index (χ0) is 9.73. The quantitative estimate of drug-likeness (QED) is 0.624. The van der Waals surface area contributed by atoms with Gasteiger partial charge in [-0.3, -0.25) is 4.57 Å². The van der Waals surface area contributed by atoms with E-state index < -0.39 is 7.37 Å². The van der Waals surface area contributed by atoms with E-state index in [4.69, 9.17) is 9.63 Å². The van der Waals surface area contributed by atoms with Gasteiger partial charge in [0.25, 0.3) is 7.37 Å². The van der Waals surface area contributed by atoms with Gasteiger partial charge in [0.15, 0.2) is 0 Å². The number of hydrogen-bond acceptors (Lipinski definition) is 4. The first-order chi connectivity index (χ1) is 6.23. The van der Waals surface area contributed by atoms with Crippen molar-refractivity contribution in [2.75, 3.05) is 6.61 Å². The van der Waals surface area contributed by atoms with E-state index in [1.165, 1.54) is 17.2 Å². The van der Waals surface area contributed by atoms with Gasteiger partial charge in [-0.25, -0.2) is 0 Å². The van der Waals surface area contributed by atoms with Crippen molar-refractivity contribution in [3.63, 3.8) is 0 Å². The van der Waals surface area contributed by atoms with E-state index in [0.29, 0.717) is 11.2 Å². The molecule has 0 saturated carbocycles. The van der Waals surface area contributed by atoms with Gasteiger partial charge in [0.05, 0.1) is 17.5 Å². The Labute approximate surface area is 81.1 Å². The molecule has 1 unspecified atom stereocenters. The minimum absolute atomic E-state index is 0.361. The topological polar surface area (TPSA) is 46.5 Å². The maximum atomic E-state index is 12.0. The molecule has 1 N–H and O–H groups in total. The lowest BCUT2D eigenvalue weighted by molar-refractivity contribution is 0.346. The van der Waals surface area contributed by atoms with Crippen LogP contribution in [0.1, 0.15) is 6.92 Å². The number of rotatable bonds is 4. The molecule has 0 aliphatic carbocycles. The predicted octanol–water partition coefficient (Wildman–Crippen LogP) is 2.72. The molecule has 0 aliphatic rings. The van der Waals surface area contributed by atoms with Crippen molar-refractivity contribution in [2.45, 2.75) is 6.92 Å². The van der Waals surface area contributed by atoms with Crippen molar-refractivity contribution >= 4 is 23.3 Å². The molecule has 0 aliphatic heterocycles. The molecule has 1 rings (SSSR count). The number of aliphatic hydroxyl groups excluding tert-OH is 1. The lowest BCUT2D eigenvalue weighted by Crippen LogP contribution is -2.00. The highest BCUT2D eigenvalue weighted by molar-refractivity contribution is 7.75. The number of aliphatic hydroxyl groups is 1. The van der Waals surface area contributed by atoms with E-state index in [-0.39, 0.29) is 0 Å². The van der Waals surface area contributed by atoms with Crippen LogP contribution in [0.5, 0.6) is 0 Å². The van der Waals surface area contributed by atoms with Crippen LogP contribution >= 0.6 is 18.7 Å². The normalized spacial score (nSPS) is 16.1. The molecular formula is C8H11O3PS. The summed E-state index contributed by atoms with van der Waals surface area (Å²) in [6, 6.07) is 3.54. The van der Waals surface area contributed by atoms with Crippen molar-refractivity contribution in [2.24, 2.45) is 0 Å². The van der Waals surface area contributed by atoms with Crippen LogP contribution in [-0.4, -0.2) is 11.7 Å². The van der Waals surface area contributed by atoms with Crippen LogP contribution in [0.3, 0.4) is 0 Å². The van der Waals surface area contributed by atoms with Crippen molar-refractivity contribution in [1.82, 2.24) is 0 Å². The predicted molar refractivity (Wildman–Crippen MR) is 55.0 cm³/mol. The zero-order valence-electron chi connectivity index (χ0n) is 7.21. The molecule has 3 nitrogen and oxygen atoms in total. The van der Waals surface area contributed by atoms with Gasteiger partial charge in [-0.2, -0.15) is 0 Å². The van der Waals surface area contributed by atoms with E-state index in [2.05, 4.69) is 0 Å². The van der Waals surface area contributed by atoms with E-state index in [9.17, 15) is 4.57 Å². The minimum Gasteiger partial charge on any atom is -0.515 e. The standard InChI is InChI=1S/C8H11O3PS/c1-2-11-12(10,6-5-9)8-4-3-7-13-8/h3-7,9H,2H2,1H3/b6-5+. The largest absolute Gasteiger partial charge is 0.515 e. The van der Waals surface area contributed by atoms with E-state index in [1.54, 1.807) is 19.1 Å². The maximum absolute atomic E-state index is 12.0. The molecule has 0 saturated heterocycles. The van der Waals surface area contributed by atoms with Gasteiger partial charge in [-0.15, -0.1) is 11.3 Å². The molecule has 0 amide bonds. The first-order valence-electron chi connectivity index (χ1n) is 3.83. The first kappa shape index (κ1) is 10.5. The summed E-state index contributed by atoms with van der Waals surface area (Å²) in [7, 11) is -2.94. The maximum Gasteiger partial charge on any atom is 0.266 e. The molecule has 0 fully saturated rings. The van der Waals surface area contributed by atoms with Crippen LogP contribution in [0.4, 0.5) is 0 Å². The van der Waals surface area contributed by atoms with Crippen LogP contribution in [0.2, 0.25) is 0 Å². The summed E-state index contributed by atoms with van der Waals surface area (Å²) in [6.07, 6.45) is 0.774. The van der Waals surface area contributed by atoms with Crippen LogP contribution in [0.25, 0.3) is 0 Å². The third-order valence-electron chi connectivity index (χ3n) is 1.40. The van der Waals surface area contributed by atoms with Gasteiger partial charge < -0.3 is 9.63 Å². The highest BCUT2D eigenvalue weighted by Gasteiger charge is 2.22. The Bertz CT molecular complexity index is 318. The zero-order valence-corrected chi connectivity index (χ0v) is 8.92. The number of thiophene rings is 1. The van der Waals surface area contributed by atoms with E-state index in [0.717, 1.165) is 6.26 Å². The SMILES string of the molecule is CCOP(=O)(/C=C/O)c1cccs1. The van der Waals surface area contributed by atoms with Crippen LogP contribution in [-0.2, 0) is 9.09 Å². The Morgan fingerprint density at radius 1 is 1.77 bits per heavy atom. The molecule has 1 aromatic rings. The molecule has 72 valence electrons. The summed E-state index contributed by atoms with van der Waals surface area (Å²) in [5.74, 6) is 1.21. The van der Waals surface area contributed by atoms with Crippen LogP contribution in [0, 0.1) is 0 Å². The summed E-state index contributed by atoms with van der Waals surface area (Å²) in [6.45, 7) is 2.13. The van der Waals surface area contributed by atoms with E-state index >= 15 is 0 Å². The van der Waals surface area contributed by atoms with Crippen molar-refractivity contribution in [1.29, 1.82) is 0 Å². The Morgan fingerprint density at radius 2 is 2.54 bits per heavy atom. The monoisotopic (exact) mass is 218 g/mol. The second-order valence-electron chi connectivity index (χ2n) is 2.26. The molecule has 0 radical (unpaired) electrons. The molecule has 0 aromatic carbocycles. The molecule has 1 aromatic heterocycles. The second kappa shape index (κ2) is 4.61. The smallest absolute Gasteiger partial charge is 0.266 e. The third-order valence-corrected chi connectivity index (χ3v) is 5.08.